The third-order valence-electron chi connectivity index (χ3n) is 3.12. The van der Waals surface area contributed by atoms with Crippen molar-refractivity contribution in [3.05, 3.63) is 48.2 Å². The van der Waals surface area contributed by atoms with Gasteiger partial charge in [-0.2, -0.15) is 0 Å². The van der Waals surface area contributed by atoms with Gasteiger partial charge in [0, 0.05) is 36.0 Å². The second-order valence-corrected chi connectivity index (χ2v) is 5.13. The highest BCUT2D eigenvalue weighted by atomic mass is 16.5. The number of carboxylic acids is 1. The monoisotopic (exact) mass is 316 g/mol. The van der Waals surface area contributed by atoms with E-state index in [-0.39, 0.29) is 12.6 Å². The molecule has 0 amide bonds. The first-order chi connectivity index (χ1) is 11.1. The summed E-state index contributed by atoms with van der Waals surface area (Å²) in [5.74, 6) is 0.115. The zero-order valence-electron chi connectivity index (χ0n) is 13.2. The minimum atomic E-state index is -0.999. The first-order valence-corrected chi connectivity index (χ1v) is 7.28. The van der Waals surface area contributed by atoms with Crippen LogP contribution >= 0.6 is 0 Å². The number of nitrogens with zero attached hydrogens (tertiary/aromatic N) is 1. The molecule has 6 nitrogen and oxygen atoms in total. The summed E-state index contributed by atoms with van der Waals surface area (Å²) < 4.78 is 10.3. The highest BCUT2D eigenvalue weighted by Crippen LogP contribution is 2.19. The predicted molar refractivity (Wildman–Crippen MR) is 87.2 cm³/mol. The van der Waals surface area contributed by atoms with Crippen LogP contribution in [-0.4, -0.2) is 35.8 Å². The number of pyridine rings is 1. The first kappa shape index (κ1) is 16.6. The summed E-state index contributed by atoms with van der Waals surface area (Å²) >= 11 is 0. The summed E-state index contributed by atoms with van der Waals surface area (Å²) in [6, 6.07) is 13.0. The molecule has 0 aliphatic rings. The number of aromatic nitrogens is 1. The SMILES string of the molecule is COc1cccc(CC(C)Nc2cccc(OCC(=O)O)c2)n1. The van der Waals surface area contributed by atoms with Gasteiger partial charge in [-0.1, -0.05) is 12.1 Å². The van der Waals surface area contributed by atoms with Crippen LogP contribution in [0.25, 0.3) is 0 Å². The molecule has 1 unspecified atom stereocenters. The molecule has 6 heteroatoms. The molecular weight excluding hydrogens is 296 g/mol. The zero-order chi connectivity index (χ0) is 16.7. The second kappa shape index (κ2) is 8.03. The number of anilines is 1. The van der Waals surface area contributed by atoms with E-state index in [1.54, 1.807) is 19.2 Å². The highest BCUT2D eigenvalue weighted by molar-refractivity contribution is 5.68. The van der Waals surface area contributed by atoms with E-state index in [9.17, 15) is 4.79 Å². The molecule has 0 radical (unpaired) electrons. The van der Waals surface area contributed by atoms with Crippen molar-refractivity contribution in [1.29, 1.82) is 0 Å². The van der Waals surface area contributed by atoms with E-state index in [1.807, 2.05) is 37.3 Å². The molecule has 1 aromatic heterocycles. The maximum Gasteiger partial charge on any atom is 0.341 e. The molecule has 23 heavy (non-hydrogen) atoms. The van der Waals surface area contributed by atoms with Gasteiger partial charge >= 0.3 is 5.97 Å². The van der Waals surface area contributed by atoms with E-state index in [0.29, 0.717) is 11.6 Å². The molecule has 0 bridgehead atoms. The van der Waals surface area contributed by atoms with Gasteiger partial charge in [0.05, 0.1) is 7.11 Å². The number of hydrogen-bond acceptors (Lipinski definition) is 5. The molecule has 0 fully saturated rings. The Balaban J connectivity index is 1.95. The van der Waals surface area contributed by atoms with Crippen molar-refractivity contribution in [3.63, 3.8) is 0 Å². The first-order valence-electron chi connectivity index (χ1n) is 7.28. The van der Waals surface area contributed by atoms with Crippen LogP contribution < -0.4 is 14.8 Å². The van der Waals surface area contributed by atoms with Gasteiger partial charge in [0.15, 0.2) is 6.61 Å². The largest absolute Gasteiger partial charge is 0.482 e. The van der Waals surface area contributed by atoms with Crippen molar-refractivity contribution in [2.45, 2.75) is 19.4 Å². The maximum atomic E-state index is 10.5. The Morgan fingerprint density at radius 1 is 1.30 bits per heavy atom. The van der Waals surface area contributed by atoms with Gasteiger partial charge in [-0.25, -0.2) is 9.78 Å². The van der Waals surface area contributed by atoms with Gasteiger partial charge in [0.1, 0.15) is 5.75 Å². The van der Waals surface area contributed by atoms with Crippen LogP contribution in [0.4, 0.5) is 5.69 Å². The van der Waals surface area contributed by atoms with Crippen molar-refractivity contribution < 1.29 is 19.4 Å². The topological polar surface area (TPSA) is 80.7 Å². The Bertz CT molecular complexity index is 661. The molecule has 0 saturated heterocycles. The second-order valence-electron chi connectivity index (χ2n) is 5.13. The number of nitrogens with one attached hydrogen (secondary N) is 1. The van der Waals surface area contributed by atoms with Crippen LogP contribution in [0.1, 0.15) is 12.6 Å². The van der Waals surface area contributed by atoms with Gasteiger partial charge in [0.25, 0.3) is 0 Å². The van der Waals surface area contributed by atoms with Crippen molar-refractivity contribution in [2.24, 2.45) is 0 Å². The third kappa shape index (κ3) is 5.50. The predicted octanol–water partition coefficient (Wildman–Crippen LogP) is 2.60. The van der Waals surface area contributed by atoms with E-state index in [0.717, 1.165) is 17.8 Å². The van der Waals surface area contributed by atoms with Crippen LogP contribution in [0.5, 0.6) is 11.6 Å². The lowest BCUT2D eigenvalue weighted by molar-refractivity contribution is -0.139. The molecule has 0 spiro atoms. The number of carboxylic acid groups (broad SMARTS) is 1. The van der Waals surface area contributed by atoms with Gasteiger partial charge in [0.2, 0.25) is 5.88 Å². The number of aliphatic carboxylic acids is 1. The number of hydrogen-bond donors (Lipinski definition) is 2. The summed E-state index contributed by atoms with van der Waals surface area (Å²) in [4.78, 5) is 14.9. The van der Waals surface area contributed by atoms with Crippen LogP contribution in [0.15, 0.2) is 42.5 Å². The number of methoxy groups -OCH3 is 1. The lowest BCUT2D eigenvalue weighted by Gasteiger charge is -2.16. The molecule has 0 saturated carbocycles. The van der Waals surface area contributed by atoms with Crippen LogP contribution in [0.2, 0.25) is 0 Å². The molecule has 2 N–H and O–H groups in total. The third-order valence-corrected chi connectivity index (χ3v) is 3.12. The Labute approximate surface area is 135 Å². The Morgan fingerprint density at radius 2 is 2.09 bits per heavy atom. The quantitative estimate of drug-likeness (QED) is 0.779. The van der Waals surface area contributed by atoms with E-state index in [4.69, 9.17) is 14.6 Å². The Morgan fingerprint density at radius 3 is 2.83 bits per heavy atom. The number of carbonyl (C=O) groups is 1. The lowest BCUT2D eigenvalue weighted by Crippen LogP contribution is -2.19. The molecule has 2 aromatic rings. The standard InChI is InChI=1S/C17H20N2O4/c1-12(9-13-6-4-8-16(19-13)22-2)18-14-5-3-7-15(10-14)23-11-17(20)21/h3-8,10,12,18H,9,11H2,1-2H3,(H,20,21). The molecule has 0 aliphatic carbocycles. The molecule has 1 atom stereocenters. The number of benzene rings is 1. The van der Waals surface area contributed by atoms with Crippen molar-refractivity contribution in [3.8, 4) is 11.6 Å². The van der Waals surface area contributed by atoms with Crippen LogP contribution in [0, 0.1) is 0 Å². The van der Waals surface area contributed by atoms with Crippen molar-refractivity contribution in [2.75, 3.05) is 19.0 Å². The summed E-state index contributed by atoms with van der Waals surface area (Å²) in [6.07, 6.45) is 0.734. The lowest BCUT2D eigenvalue weighted by atomic mass is 10.1. The fourth-order valence-electron chi connectivity index (χ4n) is 2.15. The Kier molecular flexibility index (Phi) is 5.80. The maximum absolute atomic E-state index is 10.5. The number of rotatable bonds is 8. The van der Waals surface area contributed by atoms with Gasteiger partial charge in [-0.05, 0) is 25.1 Å². The normalized spacial score (nSPS) is 11.6. The zero-order valence-corrected chi connectivity index (χ0v) is 13.2. The fourth-order valence-corrected chi connectivity index (χ4v) is 2.15. The minimum Gasteiger partial charge on any atom is -0.482 e. The smallest absolute Gasteiger partial charge is 0.341 e. The van der Waals surface area contributed by atoms with Crippen LogP contribution in [-0.2, 0) is 11.2 Å². The fraction of sp³-hybridized carbons (Fsp3) is 0.294. The summed E-state index contributed by atoms with van der Waals surface area (Å²) in [6.45, 7) is 1.69. The van der Waals surface area contributed by atoms with E-state index in [2.05, 4.69) is 10.3 Å². The van der Waals surface area contributed by atoms with E-state index >= 15 is 0 Å². The Hall–Kier alpha value is -2.76. The number of ether oxygens (including phenoxy) is 2. The van der Waals surface area contributed by atoms with Gasteiger partial charge in [-0.15, -0.1) is 0 Å². The molecule has 0 aliphatic heterocycles. The van der Waals surface area contributed by atoms with Gasteiger partial charge < -0.3 is 19.9 Å². The highest BCUT2D eigenvalue weighted by Gasteiger charge is 2.07. The molecule has 122 valence electrons. The molecule has 2 rings (SSSR count). The van der Waals surface area contributed by atoms with E-state index in [1.165, 1.54) is 0 Å². The summed E-state index contributed by atoms with van der Waals surface area (Å²) in [7, 11) is 1.59. The van der Waals surface area contributed by atoms with Crippen LogP contribution in [0.3, 0.4) is 0 Å². The van der Waals surface area contributed by atoms with Gasteiger partial charge in [-0.3, -0.25) is 0 Å². The molecule has 1 aromatic carbocycles. The molecular formula is C17H20N2O4. The van der Waals surface area contributed by atoms with Crippen molar-refractivity contribution in [1.82, 2.24) is 4.98 Å². The van der Waals surface area contributed by atoms with E-state index < -0.39 is 5.97 Å². The average Bonchev–Trinajstić information content (AvgIpc) is 2.53. The summed E-state index contributed by atoms with van der Waals surface area (Å²) in [5, 5.41) is 12.0. The minimum absolute atomic E-state index is 0.143. The average molecular weight is 316 g/mol. The summed E-state index contributed by atoms with van der Waals surface area (Å²) in [5.41, 5.74) is 1.80. The van der Waals surface area contributed by atoms with Crippen molar-refractivity contribution >= 4 is 11.7 Å². The molecule has 1 heterocycles.